The molecule has 0 atom stereocenters. The molecule has 2 N–H and O–H groups in total. The molecule has 0 saturated heterocycles. The number of alkyl halides is 3. The molecule has 1 heterocycles. The second-order valence-corrected chi connectivity index (χ2v) is 2.21. The second-order valence-electron chi connectivity index (χ2n) is 2.21. The van der Waals surface area contributed by atoms with E-state index in [2.05, 4.69) is 4.98 Å². The molecule has 66 valence electrons. The SMILES string of the molecule is NCc1cccnc1C(F)(F)F. The highest BCUT2D eigenvalue weighted by atomic mass is 19.4. The van der Waals surface area contributed by atoms with Gasteiger partial charge in [-0.2, -0.15) is 13.2 Å². The average Bonchev–Trinajstić information content (AvgIpc) is 2.03. The van der Waals surface area contributed by atoms with Gasteiger partial charge in [-0.1, -0.05) is 6.07 Å². The van der Waals surface area contributed by atoms with Gasteiger partial charge in [-0.3, -0.25) is 4.98 Å². The van der Waals surface area contributed by atoms with Gasteiger partial charge in [-0.25, -0.2) is 0 Å². The van der Waals surface area contributed by atoms with Crippen LogP contribution in [0.2, 0.25) is 0 Å². The van der Waals surface area contributed by atoms with Gasteiger partial charge in [0.05, 0.1) is 0 Å². The maximum atomic E-state index is 12.1. The molecule has 0 amide bonds. The normalized spacial score (nSPS) is 11.7. The van der Waals surface area contributed by atoms with E-state index in [1.54, 1.807) is 0 Å². The summed E-state index contributed by atoms with van der Waals surface area (Å²) in [6, 6.07) is 2.74. The first kappa shape index (κ1) is 8.99. The fourth-order valence-corrected chi connectivity index (χ4v) is 0.859. The number of hydrogen-bond acceptors (Lipinski definition) is 2. The zero-order valence-corrected chi connectivity index (χ0v) is 6.10. The van der Waals surface area contributed by atoms with Crippen LogP contribution < -0.4 is 5.73 Å². The molecule has 0 aromatic carbocycles. The van der Waals surface area contributed by atoms with Crippen LogP contribution in [0.25, 0.3) is 0 Å². The van der Waals surface area contributed by atoms with Crippen molar-refractivity contribution in [1.82, 2.24) is 4.98 Å². The highest BCUT2D eigenvalue weighted by molar-refractivity contribution is 5.21. The molecule has 0 unspecified atom stereocenters. The van der Waals surface area contributed by atoms with Crippen LogP contribution in [-0.2, 0) is 12.7 Å². The monoisotopic (exact) mass is 176 g/mol. The fraction of sp³-hybridized carbons (Fsp3) is 0.286. The molecule has 0 aliphatic heterocycles. The van der Waals surface area contributed by atoms with Crippen LogP contribution in [0.5, 0.6) is 0 Å². The molecule has 0 fully saturated rings. The molecule has 0 bridgehead atoms. The van der Waals surface area contributed by atoms with Gasteiger partial charge in [0.25, 0.3) is 0 Å². The van der Waals surface area contributed by atoms with Gasteiger partial charge >= 0.3 is 6.18 Å². The lowest BCUT2D eigenvalue weighted by Crippen LogP contribution is -2.13. The fourth-order valence-electron chi connectivity index (χ4n) is 0.859. The van der Waals surface area contributed by atoms with Crippen molar-refractivity contribution in [2.45, 2.75) is 12.7 Å². The molecular formula is C7H7F3N2. The molecule has 0 spiro atoms. The minimum absolute atomic E-state index is 0.0185. The van der Waals surface area contributed by atoms with Gasteiger partial charge in [0.15, 0.2) is 0 Å². The van der Waals surface area contributed by atoms with Gasteiger partial charge in [-0.15, -0.1) is 0 Å². The van der Waals surface area contributed by atoms with Gasteiger partial charge in [0.2, 0.25) is 0 Å². The minimum atomic E-state index is -4.41. The zero-order valence-electron chi connectivity index (χ0n) is 6.10. The lowest BCUT2D eigenvalue weighted by atomic mass is 10.2. The summed E-state index contributed by atoms with van der Waals surface area (Å²) in [6.45, 7) is -0.150. The Morgan fingerprint density at radius 3 is 2.50 bits per heavy atom. The Morgan fingerprint density at radius 1 is 1.42 bits per heavy atom. The zero-order chi connectivity index (χ0) is 9.19. The largest absolute Gasteiger partial charge is 0.433 e. The molecule has 1 aromatic rings. The van der Waals surface area contributed by atoms with E-state index in [0.29, 0.717) is 0 Å². The Labute approximate surface area is 67.2 Å². The lowest BCUT2D eigenvalue weighted by molar-refractivity contribution is -0.141. The number of hydrogen-bond donors (Lipinski definition) is 1. The third-order valence-electron chi connectivity index (χ3n) is 1.38. The predicted molar refractivity (Wildman–Crippen MR) is 37.1 cm³/mol. The Kier molecular flexibility index (Phi) is 2.32. The lowest BCUT2D eigenvalue weighted by Gasteiger charge is -2.08. The van der Waals surface area contributed by atoms with Crippen LogP contribution in [0.15, 0.2) is 18.3 Å². The van der Waals surface area contributed by atoms with Gasteiger partial charge in [0.1, 0.15) is 5.69 Å². The van der Waals surface area contributed by atoms with Crippen molar-refractivity contribution in [2.24, 2.45) is 5.73 Å². The summed E-state index contributed by atoms with van der Waals surface area (Å²) >= 11 is 0. The second kappa shape index (κ2) is 3.10. The summed E-state index contributed by atoms with van der Waals surface area (Å²) in [6.07, 6.45) is -3.31. The van der Waals surface area contributed by atoms with Crippen LogP contribution >= 0.6 is 0 Å². The summed E-state index contributed by atoms with van der Waals surface area (Å²) in [7, 11) is 0. The standard InChI is InChI=1S/C7H7F3N2/c8-7(9,10)6-5(4-11)2-1-3-12-6/h1-3H,4,11H2. The third-order valence-corrected chi connectivity index (χ3v) is 1.38. The van der Waals surface area contributed by atoms with Crippen molar-refractivity contribution >= 4 is 0 Å². The smallest absolute Gasteiger partial charge is 0.326 e. The molecule has 0 aliphatic carbocycles. The molecular weight excluding hydrogens is 169 g/mol. The van der Waals surface area contributed by atoms with Crippen molar-refractivity contribution in [2.75, 3.05) is 0 Å². The van der Waals surface area contributed by atoms with Crippen LogP contribution in [0.1, 0.15) is 11.3 Å². The highest BCUT2D eigenvalue weighted by Crippen LogP contribution is 2.29. The van der Waals surface area contributed by atoms with Gasteiger partial charge < -0.3 is 5.73 Å². The summed E-state index contributed by atoms with van der Waals surface area (Å²) in [5, 5.41) is 0. The molecule has 5 heteroatoms. The third kappa shape index (κ3) is 1.73. The summed E-state index contributed by atoms with van der Waals surface area (Å²) < 4.78 is 36.4. The summed E-state index contributed by atoms with van der Waals surface area (Å²) in [5.74, 6) is 0. The first-order valence-corrected chi connectivity index (χ1v) is 3.27. The van der Waals surface area contributed by atoms with Gasteiger partial charge in [0, 0.05) is 12.7 Å². The Balaban J connectivity index is 3.14. The summed E-state index contributed by atoms with van der Waals surface area (Å²) in [5.41, 5.74) is 4.23. The topological polar surface area (TPSA) is 38.9 Å². The molecule has 0 radical (unpaired) electrons. The highest BCUT2D eigenvalue weighted by Gasteiger charge is 2.34. The number of pyridine rings is 1. The van der Waals surface area contributed by atoms with Crippen molar-refractivity contribution in [3.05, 3.63) is 29.6 Å². The van der Waals surface area contributed by atoms with E-state index < -0.39 is 11.9 Å². The number of nitrogens with zero attached hydrogens (tertiary/aromatic N) is 1. The number of rotatable bonds is 1. The number of halogens is 3. The van der Waals surface area contributed by atoms with E-state index >= 15 is 0 Å². The van der Waals surface area contributed by atoms with E-state index in [9.17, 15) is 13.2 Å². The molecule has 2 nitrogen and oxygen atoms in total. The van der Waals surface area contributed by atoms with Gasteiger partial charge in [-0.05, 0) is 11.6 Å². The average molecular weight is 176 g/mol. The first-order valence-electron chi connectivity index (χ1n) is 3.27. The van der Waals surface area contributed by atoms with E-state index in [4.69, 9.17) is 5.73 Å². The van der Waals surface area contributed by atoms with E-state index in [-0.39, 0.29) is 12.1 Å². The Bertz CT molecular complexity index is 270. The number of aromatic nitrogens is 1. The quantitative estimate of drug-likeness (QED) is 0.705. The molecule has 0 saturated carbocycles. The van der Waals surface area contributed by atoms with Crippen LogP contribution in [0.3, 0.4) is 0 Å². The minimum Gasteiger partial charge on any atom is -0.326 e. The Hall–Kier alpha value is -1.10. The molecule has 0 aliphatic rings. The van der Waals surface area contributed by atoms with E-state index in [1.807, 2.05) is 0 Å². The van der Waals surface area contributed by atoms with Crippen LogP contribution in [-0.4, -0.2) is 4.98 Å². The molecule has 1 rings (SSSR count). The molecule has 1 aromatic heterocycles. The van der Waals surface area contributed by atoms with E-state index in [1.165, 1.54) is 12.1 Å². The van der Waals surface area contributed by atoms with Crippen molar-refractivity contribution < 1.29 is 13.2 Å². The van der Waals surface area contributed by atoms with Crippen molar-refractivity contribution in [1.29, 1.82) is 0 Å². The van der Waals surface area contributed by atoms with E-state index in [0.717, 1.165) is 6.20 Å². The number of nitrogens with two attached hydrogens (primary N) is 1. The predicted octanol–water partition coefficient (Wildman–Crippen LogP) is 1.56. The van der Waals surface area contributed by atoms with Crippen molar-refractivity contribution in [3.63, 3.8) is 0 Å². The maximum absolute atomic E-state index is 12.1. The summed E-state index contributed by atoms with van der Waals surface area (Å²) in [4.78, 5) is 3.22. The molecule has 12 heavy (non-hydrogen) atoms. The first-order chi connectivity index (χ1) is 5.55. The van der Waals surface area contributed by atoms with Crippen LogP contribution in [0, 0.1) is 0 Å². The Morgan fingerprint density at radius 2 is 2.08 bits per heavy atom. The maximum Gasteiger partial charge on any atom is 0.433 e. The van der Waals surface area contributed by atoms with Crippen LogP contribution in [0.4, 0.5) is 13.2 Å². The van der Waals surface area contributed by atoms with Crippen molar-refractivity contribution in [3.8, 4) is 0 Å².